The van der Waals surface area contributed by atoms with Crippen molar-refractivity contribution < 1.29 is 4.79 Å². The minimum absolute atomic E-state index is 0.182. The highest BCUT2D eigenvalue weighted by Crippen LogP contribution is 2.36. The van der Waals surface area contributed by atoms with Gasteiger partial charge in [0.25, 0.3) is 5.91 Å². The van der Waals surface area contributed by atoms with Crippen molar-refractivity contribution in [3.63, 3.8) is 0 Å². The molecule has 1 aliphatic carbocycles. The minimum atomic E-state index is 0.182. The predicted octanol–water partition coefficient (Wildman–Crippen LogP) is 4.68. The number of amides is 1. The topological polar surface area (TPSA) is 38.1 Å². The van der Waals surface area contributed by atoms with E-state index in [1.165, 1.54) is 32.1 Å². The number of hydrogen-bond acceptors (Lipinski definition) is 2. The summed E-state index contributed by atoms with van der Waals surface area (Å²) in [4.78, 5) is 19.5. The first kappa shape index (κ1) is 16.5. The molecule has 1 aromatic heterocycles. The smallest absolute Gasteiger partial charge is 0.253 e. The lowest BCUT2D eigenvalue weighted by Crippen LogP contribution is -2.44. The van der Waals surface area contributed by atoms with E-state index in [-0.39, 0.29) is 5.91 Å². The van der Waals surface area contributed by atoms with Gasteiger partial charge < -0.3 is 4.90 Å². The van der Waals surface area contributed by atoms with Crippen molar-refractivity contribution >= 4 is 16.9 Å². The SMILES string of the molecule is O=C(c1ccc(-n2cnc3ccccc32)cc1)N1CC[C@@H]2CCCC[C@H]2C1. The molecule has 1 aliphatic heterocycles. The van der Waals surface area contributed by atoms with Gasteiger partial charge in [-0.1, -0.05) is 31.4 Å². The Kier molecular flexibility index (Phi) is 4.19. The molecule has 0 N–H and O–H groups in total. The zero-order chi connectivity index (χ0) is 18.2. The molecule has 0 bridgehead atoms. The van der Waals surface area contributed by atoms with E-state index in [1.807, 2.05) is 48.8 Å². The Labute approximate surface area is 159 Å². The molecule has 5 rings (SSSR count). The maximum Gasteiger partial charge on any atom is 0.253 e. The molecule has 1 saturated heterocycles. The number of benzene rings is 2. The predicted molar refractivity (Wildman–Crippen MR) is 107 cm³/mol. The Morgan fingerprint density at radius 1 is 0.926 bits per heavy atom. The third kappa shape index (κ3) is 3.03. The molecule has 138 valence electrons. The largest absolute Gasteiger partial charge is 0.338 e. The molecule has 2 atom stereocenters. The monoisotopic (exact) mass is 359 g/mol. The van der Waals surface area contributed by atoms with E-state index < -0.39 is 0 Å². The molecule has 2 aromatic carbocycles. The van der Waals surface area contributed by atoms with E-state index in [0.29, 0.717) is 5.92 Å². The van der Waals surface area contributed by atoms with Crippen LogP contribution in [0.1, 0.15) is 42.5 Å². The summed E-state index contributed by atoms with van der Waals surface area (Å²) in [6, 6.07) is 16.1. The Balaban J connectivity index is 1.35. The number of rotatable bonds is 2. The molecule has 4 heteroatoms. The van der Waals surface area contributed by atoms with E-state index in [2.05, 4.69) is 20.5 Å². The highest BCUT2D eigenvalue weighted by molar-refractivity contribution is 5.94. The molecular formula is C23H25N3O. The standard InChI is InChI=1S/C23H25N3O/c27-23(25-14-13-17-5-1-2-6-19(17)15-25)18-9-11-20(12-10-18)26-16-24-21-7-3-4-8-22(21)26/h3-4,7-12,16-17,19H,1-2,5-6,13-15H2/t17-,19-/m0/s1. The fraction of sp³-hybridized carbons (Fsp3) is 0.391. The van der Waals surface area contributed by atoms with Gasteiger partial charge in [0.05, 0.1) is 11.0 Å². The molecule has 0 spiro atoms. The van der Waals surface area contributed by atoms with E-state index in [9.17, 15) is 4.79 Å². The van der Waals surface area contributed by atoms with Crippen LogP contribution in [0.15, 0.2) is 54.9 Å². The molecule has 2 heterocycles. The minimum Gasteiger partial charge on any atom is -0.338 e. The van der Waals surface area contributed by atoms with Crippen molar-refractivity contribution in [1.29, 1.82) is 0 Å². The van der Waals surface area contributed by atoms with Crippen molar-refractivity contribution in [3.05, 3.63) is 60.4 Å². The van der Waals surface area contributed by atoms with Gasteiger partial charge in [-0.25, -0.2) is 4.98 Å². The Morgan fingerprint density at radius 2 is 1.70 bits per heavy atom. The molecule has 1 amide bonds. The second-order valence-corrected chi connectivity index (χ2v) is 7.99. The van der Waals surface area contributed by atoms with E-state index in [0.717, 1.165) is 41.3 Å². The number of imidazole rings is 1. The van der Waals surface area contributed by atoms with Crippen LogP contribution in [0.3, 0.4) is 0 Å². The second-order valence-electron chi connectivity index (χ2n) is 7.99. The van der Waals surface area contributed by atoms with Gasteiger partial charge in [0.2, 0.25) is 0 Å². The second kappa shape index (κ2) is 6.84. The summed E-state index contributed by atoms with van der Waals surface area (Å²) in [7, 11) is 0. The van der Waals surface area contributed by atoms with Gasteiger partial charge in [0, 0.05) is 24.3 Å². The first-order valence-electron chi connectivity index (χ1n) is 10.1. The molecule has 27 heavy (non-hydrogen) atoms. The third-order valence-electron chi connectivity index (χ3n) is 6.42. The molecule has 3 aromatic rings. The quantitative estimate of drug-likeness (QED) is 0.666. The average molecular weight is 359 g/mol. The van der Waals surface area contributed by atoms with Crippen LogP contribution in [0.5, 0.6) is 0 Å². The lowest BCUT2D eigenvalue weighted by molar-refractivity contribution is 0.0521. The van der Waals surface area contributed by atoms with Crippen LogP contribution in [0.25, 0.3) is 16.7 Å². The summed E-state index contributed by atoms with van der Waals surface area (Å²) in [6.45, 7) is 1.85. The number of para-hydroxylation sites is 2. The lowest BCUT2D eigenvalue weighted by atomic mass is 9.75. The van der Waals surface area contributed by atoms with Crippen LogP contribution in [0.2, 0.25) is 0 Å². The van der Waals surface area contributed by atoms with Crippen molar-refractivity contribution in [3.8, 4) is 5.69 Å². The first-order valence-corrected chi connectivity index (χ1v) is 10.1. The number of hydrogen-bond donors (Lipinski definition) is 0. The molecular weight excluding hydrogens is 334 g/mol. The van der Waals surface area contributed by atoms with Crippen molar-refractivity contribution in [2.75, 3.05) is 13.1 Å². The summed E-state index contributed by atoms with van der Waals surface area (Å²) in [5.41, 5.74) is 3.88. The summed E-state index contributed by atoms with van der Waals surface area (Å²) in [5, 5.41) is 0. The van der Waals surface area contributed by atoms with Gasteiger partial charge in [0.15, 0.2) is 0 Å². The number of carbonyl (C=O) groups excluding carboxylic acids is 1. The number of aromatic nitrogens is 2. The maximum atomic E-state index is 13.0. The van der Waals surface area contributed by atoms with Crippen LogP contribution >= 0.6 is 0 Å². The Morgan fingerprint density at radius 3 is 2.56 bits per heavy atom. The van der Waals surface area contributed by atoms with Gasteiger partial charge in [-0.3, -0.25) is 9.36 Å². The van der Waals surface area contributed by atoms with Crippen LogP contribution < -0.4 is 0 Å². The van der Waals surface area contributed by atoms with Crippen molar-refractivity contribution in [2.45, 2.75) is 32.1 Å². The van der Waals surface area contributed by atoms with Gasteiger partial charge in [-0.2, -0.15) is 0 Å². The Bertz CT molecular complexity index is 959. The van der Waals surface area contributed by atoms with E-state index in [1.54, 1.807) is 0 Å². The summed E-state index contributed by atoms with van der Waals surface area (Å²) in [5.74, 6) is 1.74. The summed E-state index contributed by atoms with van der Waals surface area (Å²) < 4.78 is 2.07. The van der Waals surface area contributed by atoms with Crippen LogP contribution in [0.4, 0.5) is 0 Å². The average Bonchev–Trinajstić information content (AvgIpc) is 3.17. The maximum absolute atomic E-state index is 13.0. The van der Waals surface area contributed by atoms with E-state index >= 15 is 0 Å². The number of fused-ring (bicyclic) bond motifs is 2. The highest BCUT2D eigenvalue weighted by atomic mass is 16.2. The number of carbonyl (C=O) groups is 1. The first-order chi connectivity index (χ1) is 13.3. The molecule has 1 saturated carbocycles. The molecule has 0 unspecified atom stereocenters. The number of likely N-dealkylation sites (tertiary alicyclic amines) is 1. The van der Waals surface area contributed by atoms with Crippen molar-refractivity contribution in [2.24, 2.45) is 11.8 Å². The van der Waals surface area contributed by atoms with Gasteiger partial charge in [0.1, 0.15) is 6.33 Å². The molecule has 4 nitrogen and oxygen atoms in total. The van der Waals surface area contributed by atoms with Crippen LogP contribution in [-0.4, -0.2) is 33.4 Å². The van der Waals surface area contributed by atoms with Gasteiger partial charge in [-0.15, -0.1) is 0 Å². The third-order valence-corrected chi connectivity index (χ3v) is 6.42. The Hall–Kier alpha value is -2.62. The number of nitrogens with zero attached hydrogens (tertiary/aromatic N) is 3. The summed E-state index contributed by atoms with van der Waals surface area (Å²) >= 11 is 0. The number of piperidine rings is 1. The summed E-state index contributed by atoms with van der Waals surface area (Å²) in [6.07, 6.45) is 8.38. The zero-order valence-electron chi connectivity index (χ0n) is 15.6. The van der Waals surface area contributed by atoms with Gasteiger partial charge in [-0.05, 0) is 61.1 Å². The normalized spacial score (nSPS) is 22.6. The highest BCUT2D eigenvalue weighted by Gasteiger charge is 2.33. The van der Waals surface area contributed by atoms with Crippen LogP contribution in [0, 0.1) is 11.8 Å². The lowest BCUT2D eigenvalue weighted by Gasteiger charge is -2.41. The van der Waals surface area contributed by atoms with Gasteiger partial charge >= 0.3 is 0 Å². The zero-order valence-corrected chi connectivity index (χ0v) is 15.6. The fourth-order valence-corrected chi connectivity index (χ4v) is 4.90. The fourth-order valence-electron chi connectivity index (χ4n) is 4.90. The van der Waals surface area contributed by atoms with E-state index in [4.69, 9.17) is 0 Å². The van der Waals surface area contributed by atoms with Crippen molar-refractivity contribution in [1.82, 2.24) is 14.5 Å². The molecule has 2 aliphatic rings. The molecule has 0 radical (unpaired) electrons. The molecule has 2 fully saturated rings. The van der Waals surface area contributed by atoms with Crippen LogP contribution in [-0.2, 0) is 0 Å².